The van der Waals surface area contributed by atoms with Crippen molar-refractivity contribution in [2.75, 3.05) is 7.11 Å². The van der Waals surface area contributed by atoms with Crippen LogP contribution in [-0.2, 0) is 11.4 Å². The lowest BCUT2D eigenvalue weighted by Crippen LogP contribution is -2.14. The van der Waals surface area contributed by atoms with Crippen molar-refractivity contribution in [3.63, 3.8) is 0 Å². The number of hydrazone groups is 1. The summed E-state index contributed by atoms with van der Waals surface area (Å²) < 4.78 is 12.0. The molecule has 0 saturated carbocycles. The van der Waals surface area contributed by atoms with Crippen molar-refractivity contribution in [1.29, 1.82) is 0 Å². The molecule has 0 heterocycles. The molecule has 0 aromatic heterocycles. The molecule has 3 aromatic carbocycles. The number of nitrogens with zero attached hydrogens (tertiary/aromatic N) is 2. The Bertz CT molecular complexity index is 1230. The van der Waals surface area contributed by atoms with E-state index >= 15 is 0 Å². The summed E-state index contributed by atoms with van der Waals surface area (Å²) in [5.41, 5.74) is 4.64. The van der Waals surface area contributed by atoms with Crippen LogP contribution in [0, 0.1) is 10.1 Å². The van der Waals surface area contributed by atoms with E-state index in [9.17, 15) is 14.9 Å². The number of halogens is 2. The number of carbonyl (C=O) groups is 1. The number of carbonyl (C=O) groups excluding carboxylic acids is 1. The van der Waals surface area contributed by atoms with Gasteiger partial charge >= 0.3 is 0 Å². The van der Waals surface area contributed by atoms with Crippen LogP contribution in [0.5, 0.6) is 11.5 Å². The van der Waals surface area contributed by atoms with Crippen LogP contribution >= 0.6 is 27.5 Å². The Balaban J connectivity index is 1.60. The van der Waals surface area contributed by atoms with Crippen LogP contribution < -0.4 is 14.9 Å². The molecule has 0 radical (unpaired) electrons. The lowest BCUT2D eigenvalue weighted by molar-refractivity contribution is -0.384. The molecule has 8 nitrogen and oxygen atoms in total. The third-order valence-electron chi connectivity index (χ3n) is 4.47. The zero-order valence-corrected chi connectivity index (χ0v) is 20.2. The first-order valence-corrected chi connectivity index (χ1v) is 11.0. The van der Waals surface area contributed by atoms with E-state index in [-0.39, 0.29) is 5.69 Å². The molecule has 0 aliphatic carbocycles. The molecular formula is C24H19BrClN3O5. The van der Waals surface area contributed by atoms with Crippen molar-refractivity contribution in [3.8, 4) is 11.5 Å². The Labute approximate surface area is 209 Å². The quantitative estimate of drug-likeness (QED) is 0.160. The van der Waals surface area contributed by atoms with Crippen LogP contribution in [0.4, 0.5) is 5.69 Å². The van der Waals surface area contributed by atoms with Gasteiger partial charge in [-0.15, -0.1) is 0 Å². The Morgan fingerprint density at radius 2 is 1.85 bits per heavy atom. The Kier molecular flexibility index (Phi) is 8.78. The van der Waals surface area contributed by atoms with Crippen LogP contribution in [0.25, 0.3) is 6.08 Å². The molecule has 0 atom stereocenters. The fourth-order valence-electron chi connectivity index (χ4n) is 2.78. The van der Waals surface area contributed by atoms with E-state index in [4.69, 9.17) is 21.1 Å². The molecule has 3 rings (SSSR count). The first kappa shape index (κ1) is 24.9. The van der Waals surface area contributed by atoms with Crippen molar-refractivity contribution >= 4 is 51.4 Å². The van der Waals surface area contributed by atoms with Gasteiger partial charge in [-0.05, 0) is 75.1 Å². The number of benzene rings is 3. The van der Waals surface area contributed by atoms with E-state index in [0.29, 0.717) is 38.7 Å². The van der Waals surface area contributed by atoms with Gasteiger partial charge in [0.2, 0.25) is 0 Å². The van der Waals surface area contributed by atoms with Crippen LogP contribution in [0.2, 0.25) is 5.02 Å². The summed E-state index contributed by atoms with van der Waals surface area (Å²) >= 11 is 9.39. The minimum absolute atomic E-state index is 0.0193. The lowest BCUT2D eigenvalue weighted by atomic mass is 10.2. The number of nitro benzene ring substituents is 1. The number of hydrogen-bond donors (Lipinski definition) is 1. The van der Waals surface area contributed by atoms with E-state index < -0.39 is 10.8 Å². The fourth-order valence-corrected chi connectivity index (χ4v) is 3.48. The van der Waals surface area contributed by atoms with Gasteiger partial charge in [-0.25, -0.2) is 5.43 Å². The highest BCUT2D eigenvalue weighted by Gasteiger charge is 2.12. The van der Waals surface area contributed by atoms with Gasteiger partial charge in [0, 0.05) is 23.2 Å². The number of nitrogens with one attached hydrogen (secondary N) is 1. The SMILES string of the molecule is COc1cc(/C=N\NC(=O)/C=C/c2ccc([N+](=O)[O-])cc2)cc(Br)c1OCc1ccc(Cl)cc1. The molecule has 0 spiro atoms. The van der Waals surface area contributed by atoms with E-state index in [2.05, 4.69) is 26.5 Å². The molecule has 0 fully saturated rings. The fraction of sp³-hybridized carbons (Fsp3) is 0.0833. The third-order valence-corrected chi connectivity index (χ3v) is 5.31. The molecule has 3 aromatic rings. The van der Waals surface area contributed by atoms with Crippen LogP contribution in [0.3, 0.4) is 0 Å². The molecule has 0 saturated heterocycles. The van der Waals surface area contributed by atoms with Crippen LogP contribution in [0.15, 0.2) is 76.3 Å². The Morgan fingerprint density at radius 1 is 1.15 bits per heavy atom. The molecule has 34 heavy (non-hydrogen) atoms. The van der Waals surface area contributed by atoms with Crippen molar-refractivity contribution in [2.45, 2.75) is 6.61 Å². The first-order chi connectivity index (χ1) is 16.4. The third kappa shape index (κ3) is 7.16. The van der Waals surface area contributed by atoms with E-state index in [1.165, 1.54) is 37.6 Å². The first-order valence-electron chi connectivity index (χ1n) is 9.86. The predicted molar refractivity (Wildman–Crippen MR) is 134 cm³/mol. The smallest absolute Gasteiger partial charge is 0.269 e. The highest BCUT2D eigenvalue weighted by Crippen LogP contribution is 2.36. The monoisotopic (exact) mass is 543 g/mol. The summed E-state index contributed by atoms with van der Waals surface area (Å²) in [6.07, 6.45) is 4.28. The molecule has 0 unspecified atom stereocenters. The number of ether oxygens (including phenoxy) is 2. The molecular weight excluding hydrogens is 526 g/mol. The maximum atomic E-state index is 12.0. The van der Waals surface area contributed by atoms with Gasteiger partial charge in [0.15, 0.2) is 11.5 Å². The summed E-state index contributed by atoms with van der Waals surface area (Å²) in [6.45, 7) is 0.330. The van der Waals surface area contributed by atoms with E-state index in [1.807, 2.05) is 12.1 Å². The van der Waals surface area contributed by atoms with Gasteiger partial charge in [0.05, 0.1) is 22.7 Å². The molecule has 1 amide bonds. The number of amides is 1. The standard InChI is InChI=1S/C24H19BrClN3O5/c1-33-22-13-18(12-21(25)24(22)34-15-17-2-7-19(26)8-3-17)14-27-28-23(30)11-6-16-4-9-20(10-5-16)29(31)32/h2-14H,15H2,1H3,(H,28,30)/b11-6+,27-14-. The minimum Gasteiger partial charge on any atom is -0.493 e. The average Bonchev–Trinajstić information content (AvgIpc) is 2.83. The number of non-ortho nitro benzene ring substituents is 1. The van der Waals surface area contributed by atoms with Crippen LogP contribution in [-0.4, -0.2) is 24.2 Å². The molecule has 0 bridgehead atoms. The lowest BCUT2D eigenvalue weighted by Gasteiger charge is -2.13. The van der Waals surface area contributed by atoms with Gasteiger partial charge in [0.25, 0.3) is 11.6 Å². The second-order valence-corrected chi connectivity index (χ2v) is 8.16. The van der Waals surface area contributed by atoms with Gasteiger partial charge in [-0.1, -0.05) is 23.7 Å². The highest BCUT2D eigenvalue weighted by atomic mass is 79.9. The van der Waals surface area contributed by atoms with Crippen molar-refractivity contribution < 1.29 is 19.2 Å². The maximum Gasteiger partial charge on any atom is 0.269 e. The number of nitro groups is 1. The number of methoxy groups -OCH3 is 1. The minimum atomic E-state index is -0.486. The normalized spacial score (nSPS) is 11.0. The Morgan fingerprint density at radius 3 is 2.50 bits per heavy atom. The van der Waals surface area contributed by atoms with E-state index in [1.54, 1.807) is 36.4 Å². The van der Waals surface area contributed by atoms with Crippen molar-refractivity contribution in [1.82, 2.24) is 5.43 Å². The predicted octanol–water partition coefficient (Wildman–Crippen LogP) is 5.76. The van der Waals surface area contributed by atoms with Gasteiger partial charge in [-0.3, -0.25) is 14.9 Å². The van der Waals surface area contributed by atoms with Crippen molar-refractivity contribution in [2.24, 2.45) is 5.10 Å². The number of rotatable bonds is 9. The van der Waals surface area contributed by atoms with Crippen molar-refractivity contribution in [3.05, 3.63) is 103 Å². The molecule has 0 aliphatic rings. The molecule has 10 heteroatoms. The summed E-state index contributed by atoms with van der Waals surface area (Å²) in [4.78, 5) is 22.2. The maximum absolute atomic E-state index is 12.0. The highest BCUT2D eigenvalue weighted by molar-refractivity contribution is 9.10. The summed E-state index contributed by atoms with van der Waals surface area (Å²) in [5.74, 6) is 0.572. The molecule has 0 aliphatic heterocycles. The van der Waals surface area contributed by atoms with Gasteiger partial charge < -0.3 is 9.47 Å². The molecule has 174 valence electrons. The second-order valence-electron chi connectivity index (χ2n) is 6.87. The topological polar surface area (TPSA) is 103 Å². The van der Waals surface area contributed by atoms with Crippen LogP contribution in [0.1, 0.15) is 16.7 Å². The number of hydrogen-bond acceptors (Lipinski definition) is 6. The van der Waals surface area contributed by atoms with Gasteiger partial charge in [0.1, 0.15) is 6.61 Å². The summed E-state index contributed by atoms with van der Waals surface area (Å²) in [5, 5.41) is 15.3. The Hall–Kier alpha value is -3.69. The zero-order valence-electron chi connectivity index (χ0n) is 17.9. The second kappa shape index (κ2) is 12.0. The largest absolute Gasteiger partial charge is 0.493 e. The summed E-state index contributed by atoms with van der Waals surface area (Å²) in [6, 6.07) is 16.7. The molecule has 1 N–H and O–H groups in total. The average molecular weight is 545 g/mol. The van der Waals surface area contributed by atoms with Gasteiger partial charge in [-0.2, -0.15) is 5.10 Å². The van der Waals surface area contributed by atoms with E-state index in [0.717, 1.165) is 5.56 Å². The summed E-state index contributed by atoms with van der Waals surface area (Å²) in [7, 11) is 1.53. The zero-order chi connectivity index (χ0) is 24.5.